The molecule has 4 aromatic rings. The summed E-state index contributed by atoms with van der Waals surface area (Å²) in [7, 11) is 0. The molecule has 0 radical (unpaired) electrons. The van der Waals surface area contributed by atoms with Crippen LogP contribution in [0.4, 0.5) is 5.82 Å². The van der Waals surface area contributed by atoms with Crippen molar-refractivity contribution in [1.82, 2.24) is 15.0 Å². The predicted molar refractivity (Wildman–Crippen MR) is 135 cm³/mol. The molecule has 0 spiro atoms. The number of fused-ring (bicyclic) bond motifs is 1. The number of aliphatic imine (C=N–C) groups is 1. The van der Waals surface area contributed by atoms with Gasteiger partial charge in [-0.25, -0.2) is 9.97 Å². The van der Waals surface area contributed by atoms with Gasteiger partial charge in [0.1, 0.15) is 5.76 Å². The number of rotatable bonds is 4. The molecular formula is C26H23N5O2S. The Balaban J connectivity index is 1.46. The zero-order chi connectivity index (χ0) is 23.1. The molecule has 1 aromatic carbocycles. The third kappa shape index (κ3) is 3.85. The van der Waals surface area contributed by atoms with E-state index in [1.54, 1.807) is 29.8 Å². The van der Waals surface area contributed by atoms with E-state index in [0.717, 1.165) is 56.4 Å². The monoisotopic (exact) mass is 469 g/mol. The van der Waals surface area contributed by atoms with Gasteiger partial charge >= 0.3 is 0 Å². The number of aliphatic hydroxyl groups excluding tert-OH is 1. The van der Waals surface area contributed by atoms with Crippen molar-refractivity contribution in [3.63, 3.8) is 0 Å². The number of aryl methyl sites for hydroxylation is 1. The maximum absolute atomic E-state index is 10.8. The largest absolute Gasteiger partial charge is 0.509 e. The molecule has 34 heavy (non-hydrogen) atoms. The minimum Gasteiger partial charge on any atom is -0.509 e. The predicted octanol–water partition coefficient (Wildman–Crippen LogP) is 4.88. The van der Waals surface area contributed by atoms with Crippen molar-refractivity contribution in [3.05, 3.63) is 83.6 Å². The molecule has 170 valence electrons. The highest BCUT2D eigenvalue weighted by Gasteiger charge is 2.28. The molecule has 0 amide bonds. The first kappa shape index (κ1) is 20.9. The van der Waals surface area contributed by atoms with Crippen molar-refractivity contribution < 1.29 is 9.84 Å². The summed E-state index contributed by atoms with van der Waals surface area (Å²) in [6.07, 6.45) is 5.31. The molecule has 7 nitrogen and oxygen atoms in total. The SMILES string of the molecule is Cc1cccc(C2=NC(c3nc(N4CCOCC4)c4sc(-c5ccncc5)cc4n3)C(O)=C2)c1. The van der Waals surface area contributed by atoms with E-state index in [4.69, 9.17) is 19.7 Å². The average Bonchev–Trinajstić information content (AvgIpc) is 3.48. The van der Waals surface area contributed by atoms with Crippen LogP contribution in [0.5, 0.6) is 0 Å². The molecule has 1 saturated heterocycles. The smallest absolute Gasteiger partial charge is 0.167 e. The number of anilines is 1. The van der Waals surface area contributed by atoms with E-state index >= 15 is 0 Å². The van der Waals surface area contributed by atoms with E-state index in [9.17, 15) is 5.11 Å². The summed E-state index contributed by atoms with van der Waals surface area (Å²) >= 11 is 1.67. The molecule has 0 saturated carbocycles. The van der Waals surface area contributed by atoms with Crippen molar-refractivity contribution >= 4 is 33.1 Å². The Hall–Kier alpha value is -3.62. The number of morpholine rings is 1. The van der Waals surface area contributed by atoms with Crippen LogP contribution < -0.4 is 4.90 Å². The summed E-state index contributed by atoms with van der Waals surface area (Å²) in [6.45, 7) is 4.89. The van der Waals surface area contributed by atoms with Crippen molar-refractivity contribution in [2.45, 2.75) is 13.0 Å². The quantitative estimate of drug-likeness (QED) is 0.458. The van der Waals surface area contributed by atoms with E-state index in [1.165, 1.54) is 0 Å². The van der Waals surface area contributed by atoms with Crippen LogP contribution in [0.1, 0.15) is 23.0 Å². The standard InChI is InChI=1S/C26H23N5O2S/c1-16-3-2-4-18(13-16)19-14-21(32)23(28-19)25-29-20-15-22(17-5-7-27-8-6-17)34-24(20)26(30-25)31-9-11-33-12-10-31/h2-8,13-15,23,32H,9-12H2,1H3. The Morgan fingerprint density at radius 1 is 1.03 bits per heavy atom. The lowest BCUT2D eigenvalue weighted by molar-refractivity contribution is 0.122. The van der Waals surface area contributed by atoms with Gasteiger partial charge < -0.3 is 14.7 Å². The molecule has 2 aliphatic heterocycles. The number of allylic oxidation sites excluding steroid dienone is 1. The van der Waals surface area contributed by atoms with E-state index in [2.05, 4.69) is 22.0 Å². The van der Waals surface area contributed by atoms with E-state index < -0.39 is 6.04 Å². The van der Waals surface area contributed by atoms with Crippen LogP contribution in [-0.4, -0.2) is 52.1 Å². The fourth-order valence-corrected chi connectivity index (χ4v) is 5.44. The van der Waals surface area contributed by atoms with E-state index in [0.29, 0.717) is 19.0 Å². The van der Waals surface area contributed by atoms with Crippen molar-refractivity contribution in [1.29, 1.82) is 0 Å². The molecule has 1 N–H and O–H groups in total. The molecule has 3 aromatic heterocycles. The molecule has 0 aliphatic carbocycles. The summed E-state index contributed by atoms with van der Waals surface area (Å²) in [4.78, 5) is 22.1. The third-order valence-corrected chi connectivity index (χ3v) is 7.21. The fourth-order valence-electron chi connectivity index (χ4n) is 4.32. The second-order valence-electron chi connectivity index (χ2n) is 8.42. The number of aromatic nitrogens is 3. The number of nitrogens with zero attached hydrogens (tertiary/aromatic N) is 5. The minimum absolute atomic E-state index is 0.161. The first-order valence-corrected chi connectivity index (χ1v) is 12.1. The number of thiophene rings is 1. The average molecular weight is 470 g/mol. The van der Waals surface area contributed by atoms with Gasteiger partial charge in [0.25, 0.3) is 0 Å². The van der Waals surface area contributed by atoms with Crippen LogP contribution in [0.3, 0.4) is 0 Å². The highest BCUT2D eigenvalue weighted by Crippen LogP contribution is 2.39. The van der Waals surface area contributed by atoms with Gasteiger partial charge in [-0.05, 0) is 36.8 Å². The highest BCUT2D eigenvalue weighted by atomic mass is 32.1. The number of aliphatic hydroxyl groups is 1. The van der Waals surface area contributed by atoms with E-state index in [1.807, 2.05) is 37.3 Å². The zero-order valence-electron chi connectivity index (χ0n) is 18.7. The van der Waals surface area contributed by atoms with Gasteiger partial charge in [-0.3, -0.25) is 9.98 Å². The van der Waals surface area contributed by atoms with Crippen LogP contribution in [-0.2, 0) is 4.74 Å². The van der Waals surface area contributed by atoms with E-state index in [-0.39, 0.29) is 5.76 Å². The fraction of sp³-hybridized carbons (Fsp3) is 0.231. The maximum Gasteiger partial charge on any atom is 0.167 e. The van der Waals surface area contributed by atoms with Gasteiger partial charge in [0.2, 0.25) is 0 Å². The molecule has 8 heteroatoms. The topological polar surface area (TPSA) is 83.7 Å². The van der Waals surface area contributed by atoms with Gasteiger partial charge in [0.15, 0.2) is 17.7 Å². The molecule has 1 fully saturated rings. The van der Waals surface area contributed by atoms with Gasteiger partial charge in [-0.15, -0.1) is 11.3 Å². The van der Waals surface area contributed by atoms with Gasteiger partial charge in [0.05, 0.1) is 29.1 Å². The Morgan fingerprint density at radius 3 is 2.65 bits per heavy atom. The van der Waals surface area contributed by atoms with Crippen molar-refractivity contribution in [2.24, 2.45) is 4.99 Å². The van der Waals surface area contributed by atoms with Crippen LogP contribution in [0, 0.1) is 6.92 Å². The molecular weight excluding hydrogens is 446 g/mol. The molecule has 1 unspecified atom stereocenters. The van der Waals surface area contributed by atoms with Crippen molar-refractivity contribution in [2.75, 3.05) is 31.2 Å². The summed E-state index contributed by atoms with van der Waals surface area (Å²) in [5.41, 5.74) is 4.81. The second-order valence-corrected chi connectivity index (χ2v) is 9.47. The van der Waals surface area contributed by atoms with Crippen LogP contribution in [0.2, 0.25) is 0 Å². The van der Waals surface area contributed by atoms with Crippen molar-refractivity contribution in [3.8, 4) is 10.4 Å². The van der Waals surface area contributed by atoms with Gasteiger partial charge in [-0.1, -0.05) is 23.8 Å². The molecule has 5 heterocycles. The molecule has 1 atom stereocenters. The lowest BCUT2D eigenvalue weighted by atomic mass is 10.1. The Kier molecular flexibility index (Phi) is 5.31. The molecule has 2 aliphatic rings. The molecule has 6 rings (SSSR count). The van der Waals surface area contributed by atoms with Gasteiger partial charge in [-0.2, -0.15) is 0 Å². The van der Waals surface area contributed by atoms with Crippen LogP contribution in [0.15, 0.2) is 71.7 Å². The number of hydrogen-bond acceptors (Lipinski definition) is 8. The summed E-state index contributed by atoms with van der Waals surface area (Å²) in [5.74, 6) is 1.54. The lowest BCUT2D eigenvalue weighted by Crippen LogP contribution is -2.37. The first-order valence-electron chi connectivity index (χ1n) is 11.3. The minimum atomic E-state index is -0.621. The number of hydrogen-bond donors (Lipinski definition) is 1. The number of ether oxygens (including phenoxy) is 1. The zero-order valence-corrected chi connectivity index (χ0v) is 19.5. The Morgan fingerprint density at radius 2 is 1.85 bits per heavy atom. The lowest BCUT2D eigenvalue weighted by Gasteiger charge is -2.28. The third-order valence-electron chi connectivity index (χ3n) is 6.04. The van der Waals surface area contributed by atoms with Crippen LogP contribution >= 0.6 is 11.3 Å². The summed E-state index contributed by atoms with van der Waals surface area (Å²) in [5, 5.41) is 10.8. The second kappa shape index (κ2) is 8.62. The summed E-state index contributed by atoms with van der Waals surface area (Å²) < 4.78 is 6.60. The Labute approximate surface area is 201 Å². The molecule has 0 bridgehead atoms. The normalized spacial score (nSPS) is 18.3. The first-order chi connectivity index (χ1) is 16.7. The maximum atomic E-state index is 10.8. The highest BCUT2D eigenvalue weighted by molar-refractivity contribution is 7.22. The Bertz CT molecular complexity index is 1420. The van der Waals surface area contributed by atoms with Gasteiger partial charge in [0, 0.05) is 42.0 Å². The summed E-state index contributed by atoms with van der Waals surface area (Å²) in [6, 6.07) is 13.6. The van der Waals surface area contributed by atoms with Crippen LogP contribution in [0.25, 0.3) is 20.7 Å². The number of benzene rings is 1. The number of pyridine rings is 1.